The Bertz CT molecular complexity index is 580. The number of nitro benzene ring substituents is 1. The fourth-order valence-electron chi connectivity index (χ4n) is 1.39. The van der Waals surface area contributed by atoms with E-state index in [4.69, 9.17) is 15.1 Å². The Kier molecular flexibility index (Phi) is 5.23. The normalized spacial score (nSPS) is 11.2. The van der Waals surface area contributed by atoms with E-state index in [1.165, 1.54) is 19.1 Å². The van der Waals surface area contributed by atoms with Crippen molar-refractivity contribution in [2.75, 3.05) is 6.61 Å². The number of ether oxygens (including phenoxy) is 1. The number of carbonyl (C=O) groups is 1. The van der Waals surface area contributed by atoms with Crippen molar-refractivity contribution in [3.63, 3.8) is 0 Å². The van der Waals surface area contributed by atoms with Crippen LogP contribution in [0.15, 0.2) is 35.6 Å². The summed E-state index contributed by atoms with van der Waals surface area (Å²) in [5.41, 5.74) is 0.302. The molecule has 0 unspecified atom stereocenters. The molecule has 0 saturated heterocycles. The average Bonchev–Trinajstić information content (AvgIpc) is 2.39. The number of nitro groups is 1. The van der Waals surface area contributed by atoms with E-state index >= 15 is 0 Å². The summed E-state index contributed by atoms with van der Waals surface area (Å²) in [6.45, 7) is 1.23. The lowest BCUT2D eigenvalue weighted by Gasteiger charge is -2.04. The minimum absolute atomic E-state index is 0.00903. The van der Waals surface area contributed by atoms with Crippen molar-refractivity contribution in [2.24, 2.45) is 0 Å². The quantitative estimate of drug-likeness (QED) is 0.220. The molecule has 104 valence electrons. The minimum atomic E-state index is -0.894. The molecule has 0 amide bonds. The molecular weight excluding hydrogens is 264 g/mol. The van der Waals surface area contributed by atoms with Crippen LogP contribution in [0.2, 0.25) is 0 Å². The van der Waals surface area contributed by atoms with Crippen molar-refractivity contribution >= 4 is 11.7 Å². The first-order valence-corrected chi connectivity index (χ1v) is 5.66. The summed E-state index contributed by atoms with van der Waals surface area (Å²) >= 11 is 0. The summed E-state index contributed by atoms with van der Waals surface area (Å²) < 4.78 is 4.82. The van der Waals surface area contributed by atoms with Crippen LogP contribution < -0.4 is 0 Å². The van der Waals surface area contributed by atoms with Crippen LogP contribution >= 0.6 is 0 Å². The van der Waals surface area contributed by atoms with Gasteiger partial charge in [-0.3, -0.25) is 10.1 Å². The Morgan fingerprint density at radius 1 is 1.45 bits per heavy atom. The molecule has 0 saturated carbocycles. The summed E-state index contributed by atoms with van der Waals surface area (Å²) in [6.07, 6.45) is 0.354. The third-order valence-electron chi connectivity index (χ3n) is 2.45. The van der Waals surface area contributed by atoms with Crippen molar-refractivity contribution in [3.8, 4) is 6.07 Å². The molecule has 7 heteroatoms. The van der Waals surface area contributed by atoms with Gasteiger partial charge < -0.3 is 9.84 Å². The number of aliphatic hydroxyl groups is 1. The van der Waals surface area contributed by atoms with E-state index < -0.39 is 22.2 Å². The highest BCUT2D eigenvalue weighted by molar-refractivity contribution is 5.93. The highest BCUT2D eigenvalue weighted by Crippen LogP contribution is 2.12. The van der Waals surface area contributed by atoms with Crippen molar-refractivity contribution in [1.29, 1.82) is 5.26 Å². The molecule has 0 aromatic heterocycles. The van der Waals surface area contributed by atoms with Gasteiger partial charge in [0.15, 0.2) is 5.57 Å². The van der Waals surface area contributed by atoms with Gasteiger partial charge in [-0.25, -0.2) is 4.79 Å². The number of aliphatic hydroxyl groups excluding tert-OH is 1. The number of nitrogens with zero attached hydrogens (tertiary/aromatic N) is 2. The van der Waals surface area contributed by atoms with E-state index in [1.807, 2.05) is 0 Å². The van der Waals surface area contributed by atoms with Gasteiger partial charge in [0.05, 0.1) is 11.5 Å². The van der Waals surface area contributed by atoms with E-state index in [9.17, 15) is 14.9 Å². The van der Waals surface area contributed by atoms with E-state index in [0.717, 1.165) is 5.56 Å². The van der Waals surface area contributed by atoms with Gasteiger partial charge in [-0.15, -0.1) is 0 Å². The Labute approximate surface area is 114 Å². The third kappa shape index (κ3) is 4.10. The van der Waals surface area contributed by atoms with Crippen molar-refractivity contribution in [1.82, 2.24) is 0 Å². The molecular formula is C13H12N2O5. The zero-order valence-electron chi connectivity index (χ0n) is 10.7. The van der Waals surface area contributed by atoms with E-state index in [1.54, 1.807) is 18.2 Å². The molecule has 0 spiro atoms. The van der Waals surface area contributed by atoms with Gasteiger partial charge in [0.2, 0.25) is 0 Å². The third-order valence-corrected chi connectivity index (χ3v) is 2.45. The smallest absolute Gasteiger partial charge is 0.352 e. The van der Waals surface area contributed by atoms with Crippen LogP contribution in [0.3, 0.4) is 0 Å². The fourth-order valence-corrected chi connectivity index (χ4v) is 1.39. The lowest BCUT2D eigenvalue weighted by Crippen LogP contribution is -2.11. The van der Waals surface area contributed by atoms with Crippen LogP contribution in [0.25, 0.3) is 0 Å². The number of carbonyl (C=O) groups excluding carboxylic acids is 1. The maximum atomic E-state index is 11.4. The molecule has 0 aliphatic carbocycles. The molecule has 20 heavy (non-hydrogen) atoms. The molecule has 1 rings (SSSR count). The summed E-state index contributed by atoms with van der Waals surface area (Å²) in [6, 6.07) is 7.38. The number of non-ortho nitro benzene ring substituents is 1. The summed E-state index contributed by atoms with van der Waals surface area (Å²) in [4.78, 5) is 21.4. The maximum Gasteiger partial charge on any atom is 0.352 e. The predicted molar refractivity (Wildman–Crippen MR) is 68.7 cm³/mol. The fraction of sp³-hybridized carbons (Fsp3) is 0.231. The summed E-state index contributed by atoms with van der Waals surface area (Å²) in [5, 5.41) is 28.2. The molecule has 0 fully saturated rings. The Balaban J connectivity index is 2.53. The van der Waals surface area contributed by atoms with Crippen LogP contribution in [0, 0.1) is 21.4 Å². The highest BCUT2D eigenvalue weighted by Gasteiger charge is 2.14. The molecule has 0 radical (unpaired) electrons. The number of hydrogen-bond acceptors (Lipinski definition) is 6. The van der Waals surface area contributed by atoms with E-state index in [-0.39, 0.29) is 12.3 Å². The first kappa shape index (κ1) is 15.2. The minimum Gasteiger partial charge on any atom is -0.511 e. The largest absolute Gasteiger partial charge is 0.511 e. The number of allylic oxidation sites excluding steroid dienone is 1. The summed E-state index contributed by atoms with van der Waals surface area (Å²) in [5.74, 6) is -1.29. The zero-order valence-corrected chi connectivity index (χ0v) is 10.7. The molecule has 0 heterocycles. The molecule has 0 aliphatic heterocycles. The SMILES string of the molecule is C/C(O)=C(\C#N)C(=O)OCCc1ccc([N+](=O)[O-])cc1. The van der Waals surface area contributed by atoms with Gasteiger partial charge in [-0.05, 0) is 12.5 Å². The standard InChI is InChI=1S/C13H12N2O5/c1-9(16)12(8-14)13(17)20-7-6-10-2-4-11(5-3-10)15(18)19/h2-5,16H,6-7H2,1H3/b12-9-. The van der Waals surface area contributed by atoms with Crippen molar-refractivity contribution < 1.29 is 19.6 Å². The monoisotopic (exact) mass is 276 g/mol. The van der Waals surface area contributed by atoms with Crippen LogP contribution in [-0.2, 0) is 16.0 Å². The van der Waals surface area contributed by atoms with Crippen LogP contribution in [0.1, 0.15) is 12.5 Å². The van der Waals surface area contributed by atoms with E-state index in [2.05, 4.69) is 0 Å². The second kappa shape index (κ2) is 6.89. The number of nitriles is 1. The predicted octanol–water partition coefficient (Wildman–Crippen LogP) is 2.04. The van der Waals surface area contributed by atoms with Crippen LogP contribution in [-0.4, -0.2) is 22.6 Å². The number of rotatable bonds is 5. The lowest BCUT2D eigenvalue weighted by atomic mass is 10.1. The van der Waals surface area contributed by atoms with Crippen molar-refractivity contribution in [2.45, 2.75) is 13.3 Å². The highest BCUT2D eigenvalue weighted by atomic mass is 16.6. The second-order valence-electron chi connectivity index (χ2n) is 3.88. The topological polar surface area (TPSA) is 113 Å². The Hall–Kier alpha value is -2.88. The lowest BCUT2D eigenvalue weighted by molar-refractivity contribution is -0.384. The zero-order chi connectivity index (χ0) is 15.1. The number of benzene rings is 1. The van der Waals surface area contributed by atoms with Crippen LogP contribution in [0.5, 0.6) is 0 Å². The van der Waals surface area contributed by atoms with Crippen LogP contribution in [0.4, 0.5) is 5.69 Å². The average molecular weight is 276 g/mol. The number of esters is 1. The Morgan fingerprint density at radius 2 is 2.05 bits per heavy atom. The summed E-state index contributed by atoms with van der Waals surface area (Å²) in [7, 11) is 0. The molecule has 0 aliphatic rings. The Morgan fingerprint density at radius 3 is 2.50 bits per heavy atom. The van der Waals surface area contributed by atoms with E-state index in [0.29, 0.717) is 6.42 Å². The van der Waals surface area contributed by atoms with Gasteiger partial charge >= 0.3 is 5.97 Å². The van der Waals surface area contributed by atoms with Gasteiger partial charge in [-0.1, -0.05) is 12.1 Å². The first-order valence-electron chi connectivity index (χ1n) is 5.66. The number of hydrogen-bond donors (Lipinski definition) is 1. The van der Waals surface area contributed by atoms with Gasteiger partial charge in [0, 0.05) is 18.6 Å². The maximum absolute atomic E-state index is 11.4. The van der Waals surface area contributed by atoms with Crippen molar-refractivity contribution in [3.05, 3.63) is 51.3 Å². The molecule has 0 atom stereocenters. The first-order chi connectivity index (χ1) is 9.45. The molecule has 1 aromatic carbocycles. The molecule has 7 nitrogen and oxygen atoms in total. The molecule has 0 bridgehead atoms. The van der Waals surface area contributed by atoms with Gasteiger partial charge in [0.25, 0.3) is 5.69 Å². The second-order valence-corrected chi connectivity index (χ2v) is 3.88. The molecule has 1 aromatic rings. The van der Waals surface area contributed by atoms with Gasteiger partial charge in [-0.2, -0.15) is 5.26 Å². The van der Waals surface area contributed by atoms with Gasteiger partial charge in [0.1, 0.15) is 11.8 Å². The molecule has 1 N–H and O–H groups in total.